The summed E-state index contributed by atoms with van der Waals surface area (Å²) in [6, 6.07) is 50.5. The van der Waals surface area contributed by atoms with Gasteiger partial charge in [-0.25, -0.2) is 0 Å². The number of benzene rings is 7. The molecule has 0 N–H and O–H groups in total. The number of hydrogen-bond acceptors (Lipinski definition) is 2. The second-order valence-electron chi connectivity index (χ2n) is 25.6. The minimum Gasteiger partial charge on any atom is -0.311 e. The number of fused-ring (bicyclic) bond motifs is 9. The van der Waals surface area contributed by atoms with Gasteiger partial charge >= 0.3 is 0 Å². The Balaban J connectivity index is 1.24. The van der Waals surface area contributed by atoms with Crippen LogP contribution in [-0.2, 0) is 32.5 Å². The quantitative estimate of drug-likeness (QED) is 0.163. The Morgan fingerprint density at radius 1 is 0.441 bits per heavy atom. The Morgan fingerprint density at radius 3 is 1.68 bits per heavy atom. The van der Waals surface area contributed by atoms with Gasteiger partial charge in [-0.1, -0.05) is 181 Å². The van der Waals surface area contributed by atoms with Crippen LogP contribution in [0.5, 0.6) is 0 Å². The van der Waals surface area contributed by atoms with E-state index in [2.05, 4.69) is 234 Å². The van der Waals surface area contributed by atoms with E-state index in [4.69, 9.17) is 0 Å². The Morgan fingerprint density at radius 2 is 1.00 bits per heavy atom. The summed E-state index contributed by atoms with van der Waals surface area (Å²) in [6.07, 6.45) is 3.49. The minimum atomic E-state index is -0.134. The zero-order chi connectivity index (χ0) is 47.8. The van der Waals surface area contributed by atoms with Gasteiger partial charge in [-0.2, -0.15) is 0 Å². The lowest BCUT2D eigenvalue weighted by atomic mass is 9.33. The number of anilines is 6. The van der Waals surface area contributed by atoms with E-state index in [1.165, 1.54) is 130 Å². The van der Waals surface area contributed by atoms with Crippen molar-refractivity contribution in [2.24, 2.45) is 0 Å². The highest BCUT2D eigenvalue weighted by atomic mass is 15.2. The molecule has 0 bridgehead atoms. The van der Waals surface area contributed by atoms with Crippen molar-refractivity contribution in [3.8, 4) is 22.3 Å². The van der Waals surface area contributed by atoms with Crippen LogP contribution in [0.4, 0.5) is 34.1 Å². The van der Waals surface area contributed by atoms with Crippen LogP contribution in [0.1, 0.15) is 154 Å². The van der Waals surface area contributed by atoms with E-state index in [-0.39, 0.29) is 39.2 Å². The fraction of sp³-hybridized carbons (Fsp3) is 0.354. The van der Waals surface area contributed by atoms with Crippen LogP contribution in [0.3, 0.4) is 0 Å². The summed E-state index contributed by atoms with van der Waals surface area (Å²) < 4.78 is 0. The first kappa shape index (κ1) is 43.5. The van der Waals surface area contributed by atoms with Crippen LogP contribution in [0.2, 0.25) is 0 Å². The zero-order valence-electron chi connectivity index (χ0n) is 43.2. The molecule has 68 heavy (non-hydrogen) atoms. The smallest absolute Gasteiger partial charge is 0.252 e. The molecule has 0 aromatic heterocycles. The molecule has 0 unspecified atom stereocenters. The van der Waals surface area contributed by atoms with E-state index in [1.54, 1.807) is 0 Å². The van der Waals surface area contributed by atoms with Gasteiger partial charge < -0.3 is 9.80 Å². The van der Waals surface area contributed by atoms with Crippen LogP contribution >= 0.6 is 0 Å². The van der Waals surface area contributed by atoms with Crippen molar-refractivity contribution in [3.05, 3.63) is 172 Å². The fourth-order valence-electron chi connectivity index (χ4n) is 14.1. The molecule has 0 amide bonds. The molecule has 2 heterocycles. The first-order valence-electron chi connectivity index (χ1n) is 25.6. The Labute approximate surface area is 407 Å². The van der Waals surface area contributed by atoms with Crippen molar-refractivity contribution >= 4 is 57.2 Å². The molecule has 342 valence electrons. The van der Waals surface area contributed by atoms with Gasteiger partial charge in [0.05, 0.1) is 5.69 Å². The molecule has 0 fully saturated rings. The number of aryl methyl sites for hydroxylation is 1. The third-order valence-corrected chi connectivity index (χ3v) is 17.8. The fourth-order valence-corrected chi connectivity index (χ4v) is 14.1. The van der Waals surface area contributed by atoms with Crippen molar-refractivity contribution in [2.45, 2.75) is 149 Å². The molecular weight excluding hydrogens is 820 g/mol. The van der Waals surface area contributed by atoms with Crippen LogP contribution in [0, 0.1) is 6.92 Å². The lowest BCUT2D eigenvalue weighted by molar-refractivity contribution is 0.332. The lowest BCUT2D eigenvalue weighted by Gasteiger charge is -2.48. The summed E-state index contributed by atoms with van der Waals surface area (Å²) in [4.78, 5) is 5.46. The van der Waals surface area contributed by atoms with E-state index in [0.29, 0.717) is 0 Å². The number of rotatable bonds is 3. The average Bonchev–Trinajstić information content (AvgIpc) is 3.63. The molecule has 3 aliphatic carbocycles. The molecular formula is C65H69BN2. The van der Waals surface area contributed by atoms with Crippen molar-refractivity contribution in [1.82, 2.24) is 0 Å². The molecule has 5 aliphatic rings. The standard InChI is InChI=1S/C65H69BN2/c1-39-31-46-49(64(11,12)38-63(46,9)10)36-53(39)68-55-37-48-47(61(5,6)29-30-62(48,7)8)35-51(55)66-50-28-27-41(40-21-16-15-17-22-40)32-54(50)67(56-33-42(60(2,3)4)34-57(68)59(56)66)52-26-20-25-45-58(52)43-23-18-19-24-44(43)65(45,13)14/h15-28,31-37H,29-30,38H2,1-14H3. The summed E-state index contributed by atoms with van der Waals surface area (Å²) in [6.45, 7) is 34.3. The molecule has 2 aliphatic heterocycles. The Hall–Kier alpha value is -5.80. The zero-order valence-corrected chi connectivity index (χ0v) is 43.2. The molecule has 2 nitrogen and oxygen atoms in total. The predicted octanol–water partition coefficient (Wildman–Crippen LogP) is 15.7. The van der Waals surface area contributed by atoms with Gasteiger partial charge in [0.25, 0.3) is 6.71 Å². The maximum Gasteiger partial charge on any atom is 0.252 e. The maximum atomic E-state index is 2.75. The molecule has 0 spiro atoms. The van der Waals surface area contributed by atoms with Crippen molar-refractivity contribution in [2.75, 3.05) is 9.80 Å². The van der Waals surface area contributed by atoms with E-state index in [1.807, 2.05) is 0 Å². The molecule has 0 saturated heterocycles. The van der Waals surface area contributed by atoms with Crippen LogP contribution in [-0.4, -0.2) is 6.71 Å². The monoisotopic (exact) mass is 889 g/mol. The molecule has 7 aromatic rings. The van der Waals surface area contributed by atoms with Crippen molar-refractivity contribution < 1.29 is 0 Å². The minimum absolute atomic E-state index is 0.0214. The van der Waals surface area contributed by atoms with Gasteiger partial charge in [0.15, 0.2) is 0 Å². The summed E-state index contributed by atoms with van der Waals surface area (Å²) in [5, 5.41) is 0. The molecule has 0 atom stereocenters. The van der Waals surface area contributed by atoms with E-state index in [9.17, 15) is 0 Å². The van der Waals surface area contributed by atoms with Crippen molar-refractivity contribution in [3.63, 3.8) is 0 Å². The number of nitrogens with zero attached hydrogens (tertiary/aromatic N) is 2. The molecule has 12 rings (SSSR count). The number of hydrogen-bond donors (Lipinski definition) is 0. The highest BCUT2D eigenvalue weighted by Gasteiger charge is 2.49. The highest BCUT2D eigenvalue weighted by molar-refractivity contribution is 7.00. The molecule has 0 saturated carbocycles. The largest absolute Gasteiger partial charge is 0.311 e. The third kappa shape index (κ3) is 6.02. The van der Waals surface area contributed by atoms with Crippen LogP contribution in [0.25, 0.3) is 22.3 Å². The van der Waals surface area contributed by atoms with Crippen molar-refractivity contribution in [1.29, 1.82) is 0 Å². The summed E-state index contributed by atoms with van der Waals surface area (Å²) in [5.74, 6) is 0. The Bertz CT molecular complexity index is 3300. The van der Waals surface area contributed by atoms with Gasteiger partial charge in [0, 0.05) is 39.4 Å². The van der Waals surface area contributed by atoms with Gasteiger partial charge in [0.2, 0.25) is 0 Å². The van der Waals surface area contributed by atoms with Gasteiger partial charge in [0.1, 0.15) is 0 Å². The lowest BCUT2D eigenvalue weighted by Crippen LogP contribution is -2.62. The topological polar surface area (TPSA) is 6.48 Å². The summed E-state index contributed by atoms with van der Waals surface area (Å²) in [5.41, 5.74) is 28.6. The van der Waals surface area contributed by atoms with Gasteiger partial charge in [-0.05, 0) is 167 Å². The third-order valence-electron chi connectivity index (χ3n) is 17.8. The van der Waals surface area contributed by atoms with E-state index >= 15 is 0 Å². The highest BCUT2D eigenvalue weighted by Crippen LogP contribution is 2.58. The second kappa shape index (κ2) is 13.9. The maximum absolute atomic E-state index is 2.75. The Kier molecular flexibility index (Phi) is 8.91. The van der Waals surface area contributed by atoms with E-state index in [0.717, 1.165) is 6.42 Å². The first-order chi connectivity index (χ1) is 32.0. The average molecular weight is 889 g/mol. The molecule has 3 heteroatoms. The molecule has 0 radical (unpaired) electrons. The predicted molar refractivity (Wildman–Crippen MR) is 293 cm³/mol. The van der Waals surface area contributed by atoms with Crippen LogP contribution < -0.4 is 26.2 Å². The first-order valence-corrected chi connectivity index (χ1v) is 25.6. The normalized spacial score (nSPS) is 19.1. The van der Waals surface area contributed by atoms with Crippen LogP contribution in [0.15, 0.2) is 127 Å². The van der Waals surface area contributed by atoms with Gasteiger partial charge in [-0.3, -0.25) is 0 Å². The van der Waals surface area contributed by atoms with Gasteiger partial charge in [-0.15, -0.1) is 0 Å². The van der Waals surface area contributed by atoms with E-state index < -0.39 is 0 Å². The second-order valence-corrected chi connectivity index (χ2v) is 25.6. The summed E-state index contributed by atoms with van der Waals surface area (Å²) in [7, 11) is 0. The summed E-state index contributed by atoms with van der Waals surface area (Å²) >= 11 is 0. The SMILES string of the molecule is Cc1cc2c(cc1N1c3cc4c(cc3B3c5ccc(-c6ccccc6)cc5N(c5cccc6c5-c5ccccc5C6(C)C)c5cc(C(C)(C)C)cc1c53)C(C)(C)CCC4(C)C)C(C)(C)CC2(C)C. The molecule has 7 aromatic carbocycles.